The van der Waals surface area contributed by atoms with Crippen molar-refractivity contribution in [3.05, 3.63) is 45.9 Å². The lowest BCUT2D eigenvalue weighted by molar-refractivity contribution is -0.162. The molecule has 0 bridgehead atoms. The second-order valence-electron chi connectivity index (χ2n) is 9.14. The molecule has 13 nitrogen and oxygen atoms in total. The van der Waals surface area contributed by atoms with Crippen LogP contribution in [-0.2, 0) is 9.59 Å². The normalized spacial score (nSPS) is 32.1. The summed E-state index contributed by atoms with van der Waals surface area (Å²) in [5.74, 6) is -9.85. The van der Waals surface area contributed by atoms with Crippen LogP contribution in [-0.4, -0.2) is 79.7 Å². The molecule has 1 aromatic rings. The molecule has 3 aliphatic rings. The Balaban J connectivity index is 2.08. The summed E-state index contributed by atoms with van der Waals surface area (Å²) < 4.78 is 0. The Morgan fingerprint density at radius 3 is 2.40 bits per heavy atom. The molecule has 0 spiro atoms. The molecule has 4 rings (SSSR count). The molecule has 0 saturated heterocycles. The summed E-state index contributed by atoms with van der Waals surface area (Å²) >= 11 is 0. The smallest absolute Gasteiger partial charge is 0.255 e. The number of hydrogen-bond donors (Lipinski definition) is 7. The summed E-state index contributed by atoms with van der Waals surface area (Å²) in [5, 5.41) is 59.3. The van der Waals surface area contributed by atoms with Crippen molar-refractivity contribution in [3.63, 3.8) is 0 Å². The summed E-state index contributed by atoms with van der Waals surface area (Å²) in [4.78, 5) is 43.2. The van der Waals surface area contributed by atoms with Crippen molar-refractivity contribution in [1.29, 1.82) is 5.53 Å². The van der Waals surface area contributed by atoms with Crippen LogP contribution in [0.5, 0.6) is 5.75 Å². The third-order valence-corrected chi connectivity index (χ3v) is 7.24. The molecule has 184 valence electrons. The molecular formula is C22H24N5O8+. The lowest BCUT2D eigenvalue weighted by Crippen LogP contribution is -2.68. The van der Waals surface area contributed by atoms with Crippen LogP contribution in [0.4, 0.5) is 5.69 Å². The summed E-state index contributed by atoms with van der Waals surface area (Å²) in [5.41, 5.74) is 7.81. The van der Waals surface area contributed by atoms with Crippen molar-refractivity contribution < 1.29 is 39.9 Å². The van der Waals surface area contributed by atoms with Crippen LogP contribution in [0.2, 0.25) is 0 Å². The van der Waals surface area contributed by atoms with Gasteiger partial charge >= 0.3 is 0 Å². The first-order valence-corrected chi connectivity index (χ1v) is 10.6. The van der Waals surface area contributed by atoms with Crippen molar-refractivity contribution in [3.8, 4) is 5.75 Å². The molecule has 3 aliphatic carbocycles. The number of benzene rings is 1. The number of ketones is 2. The van der Waals surface area contributed by atoms with E-state index in [9.17, 15) is 39.9 Å². The first-order valence-electron chi connectivity index (χ1n) is 10.6. The second kappa shape index (κ2) is 7.82. The number of phenolic OH excluding ortho intramolecular Hbond substituents is 1. The number of carbonyl (C=O) groups excluding carboxylic acids is 3. The molecule has 0 heterocycles. The fourth-order valence-electron chi connectivity index (χ4n) is 5.82. The van der Waals surface area contributed by atoms with Crippen LogP contribution in [0.1, 0.15) is 28.8 Å². The monoisotopic (exact) mass is 486 g/mol. The third-order valence-electron chi connectivity index (χ3n) is 7.24. The first kappa shape index (κ1) is 24.2. The van der Waals surface area contributed by atoms with Gasteiger partial charge in [0.1, 0.15) is 28.4 Å². The molecule has 0 unspecified atom stereocenters. The zero-order valence-corrected chi connectivity index (χ0v) is 18.9. The number of Topliss-reactive ketones (excluding diaryl/α,β-unsaturated/α-hetero) is 2. The van der Waals surface area contributed by atoms with Crippen LogP contribution >= 0.6 is 0 Å². The fourth-order valence-corrected chi connectivity index (χ4v) is 5.82. The number of likely N-dealkylation sites (N-methyl/N-ethyl adjacent to an activating group) is 1. The molecule has 1 aromatic carbocycles. The van der Waals surface area contributed by atoms with Gasteiger partial charge in [-0.2, -0.15) is 0 Å². The van der Waals surface area contributed by atoms with Gasteiger partial charge in [0.05, 0.1) is 23.6 Å². The molecule has 6 atom stereocenters. The molecule has 0 aliphatic heterocycles. The van der Waals surface area contributed by atoms with E-state index in [0.29, 0.717) is 0 Å². The number of fused-ring (bicyclic) bond motifs is 3. The van der Waals surface area contributed by atoms with Crippen molar-refractivity contribution in [2.75, 3.05) is 14.1 Å². The number of nitrogens with two attached hydrogens (primary N) is 1. The highest BCUT2D eigenvalue weighted by Gasteiger charge is 2.67. The lowest BCUT2D eigenvalue weighted by atomic mass is 9.55. The SMILES string of the molecule is C[C@H]1c2c(N=[N+]=N)ccc(O)c2C(=O)C2=C(O)[C@]3(O)C(=O)C(C(N)=O)=C(O)[C@@H](N(C)C)[C@@H]3[C@@H](O)[C@@H]21. The predicted molar refractivity (Wildman–Crippen MR) is 117 cm³/mol. The summed E-state index contributed by atoms with van der Waals surface area (Å²) in [6, 6.07) is 1.12. The standard InChI is InChI=1S/C22H23N5O8/c1-6-9-7(25-26-24)4-5-8(28)11(9)16(29)12-10(6)17(30)14-15(27(2)3)18(31)13(21(23)34)20(33)22(14,35)19(12)32/h4-6,10,14-15,17,24,30,35H,1-3H3,(H4,23,29,31,32,33,34)/p+1/t6-,10+,14+,15-,17-,22-/m0/s1. The molecule has 0 saturated carbocycles. The highest BCUT2D eigenvalue weighted by Crippen LogP contribution is 2.56. The average molecular weight is 486 g/mol. The topological polar surface area (TPSA) is 232 Å². The van der Waals surface area contributed by atoms with Gasteiger partial charge in [0.2, 0.25) is 10.7 Å². The Kier molecular flexibility index (Phi) is 5.41. The maximum absolute atomic E-state index is 13.6. The second-order valence-corrected chi connectivity index (χ2v) is 9.14. The number of aliphatic hydroxyl groups excluding tert-OH is 3. The fraction of sp³-hybridized carbons (Fsp3) is 0.409. The third kappa shape index (κ3) is 2.93. The number of hydrogen-bond acceptors (Lipinski definition) is 11. The molecule has 0 aromatic heterocycles. The number of nitrogens with zero attached hydrogens (tertiary/aromatic N) is 3. The summed E-state index contributed by atoms with van der Waals surface area (Å²) in [7, 11) is 2.91. The molecular weight excluding hydrogens is 462 g/mol. The van der Waals surface area contributed by atoms with E-state index >= 15 is 0 Å². The lowest BCUT2D eigenvalue weighted by Gasteiger charge is -2.53. The van der Waals surface area contributed by atoms with E-state index in [4.69, 9.17) is 11.3 Å². The van der Waals surface area contributed by atoms with E-state index in [1.165, 1.54) is 25.1 Å². The minimum Gasteiger partial charge on any atom is -0.510 e. The Morgan fingerprint density at radius 2 is 1.86 bits per heavy atom. The van der Waals surface area contributed by atoms with E-state index in [0.717, 1.165) is 6.07 Å². The maximum Gasteiger partial charge on any atom is 0.255 e. The minimum atomic E-state index is -2.97. The zero-order chi connectivity index (χ0) is 26.1. The summed E-state index contributed by atoms with van der Waals surface area (Å²) in [6.45, 7) is 1.57. The average Bonchev–Trinajstić information content (AvgIpc) is 2.77. The van der Waals surface area contributed by atoms with Gasteiger partial charge in [-0.1, -0.05) is 6.92 Å². The zero-order valence-electron chi connectivity index (χ0n) is 18.9. The first-order chi connectivity index (χ1) is 16.3. The van der Waals surface area contributed by atoms with Gasteiger partial charge in [-0.3, -0.25) is 19.3 Å². The maximum atomic E-state index is 13.6. The van der Waals surface area contributed by atoms with Crippen LogP contribution in [0.25, 0.3) is 0 Å². The van der Waals surface area contributed by atoms with Crippen molar-refractivity contribution in [1.82, 2.24) is 9.81 Å². The van der Waals surface area contributed by atoms with Crippen molar-refractivity contribution >= 4 is 23.2 Å². The van der Waals surface area contributed by atoms with E-state index in [2.05, 4.69) is 10.0 Å². The molecule has 8 N–H and O–H groups in total. The molecule has 35 heavy (non-hydrogen) atoms. The van der Waals surface area contributed by atoms with Crippen LogP contribution in [0, 0.1) is 17.4 Å². The Hall–Kier alpha value is -3.90. The van der Waals surface area contributed by atoms with E-state index in [1.54, 1.807) is 6.92 Å². The molecule has 0 radical (unpaired) electrons. The highest BCUT2D eigenvalue weighted by molar-refractivity contribution is 6.25. The molecule has 0 fully saturated rings. The van der Waals surface area contributed by atoms with Crippen molar-refractivity contribution in [2.24, 2.45) is 22.7 Å². The van der Waals surface area contributed by atoms with E-state index in [-0.39, 0.29) is 16.8 Å². The quantitative estimate of drug-likeness (QED) is 0.170. The van der Waals surface area contributed by atoms with E-state index in [1.807, 2.05) is 0 Å². The van der Waals surface area contributed by atoms with Crippen LogP contribution < -0.4 is 10.6 Å². The van der Waals surface area contributed by atoms with E-state index < -0.39 is 81.4 Å². The van der Waals surface area contributed by atoms with Crippen molar-refractivity contribution in [2.45, 2.75) is 30.6 Å². The van der Waals surface area contributed by atoms with Gasteiger partial charge in [-0.15, -0.1) is 0 Å². The Morgan fingerprint density at radius 1 is 1.23 bits per heavy atom. The number of nitrogens with one attached hydrogen (secondary N) is 1. The summed E-state index contributed by atoms with van der Waals surface area (Å²) in [6.07, 6.45) is -1.71. The van der Waals surface area contributed by atoms with Crippen LogP contribution in [0.15, 0.2) is 39.9 Å². The van der Waals surface area contributed by atoms with Gasteiger partial charge in [-0.25, -0.2) is 0 Å². The number of primary amides is 1. The van der Waals surface area contributed by atoms with Gasteiger partial charge in [-0.05, 0) is 32.1 Å². The van der Waals surface area contributed by atoms with Gasteiger partial charge in [0, 0.05) is 17.1 Å². The largest absolute Gasteiger partial charge is 0.510 e. The van der Waals surface area contributed by atoms with Gasteiger partial charge in [0.25, 0.3) is 5.91 Å². The predicted octanol–water partition coefficient (Wildman–Crippen LogP) is -0.166. The molecule has 13 heteroatoms. The Bertz CT molecular complexity index is 1310. The van der Waals surface area contributed by atoms with Gasteiger partial charge in [0.15, 0.2) is 22.2 Å². The number of amides is 1. The number of rotatable bonds is 3. The number of aliphatic hydroxyl groups is 4. The number of aromatic hydroxyl groups is 1. The Labute approximate surface area is 198 Å². The number of phenols is 1. The van der Waals surface area contributed by atoms with Gasteiger partial charge < -0.3 is 31.3 Å². The minimum absolute atomic E-state index is 0.0721. The van der Waals surface area contributed by atoms with Crippen LogP contribution in [0.3, 0.4) is 0 Å². The number of carbonyl (C=O) groups is 3. The molecule has 1 amide bonds. The highest BCUT2D eigenvalue weighted by atomic mass is 16.4.